The molecule has 6 heteroatoms. The zero-order valence-electron chi connectivity index (χ0n) is 5.60. The second-order valence-corrected chi connectivity index (χ2v) is 1.51. The van der Waals surface area contributed by atoms with Crippen LogP contribution in [0.5, 0.6) is 0 Å². The van der Waals surface area contributed by atoms with Gasteiger partial charge in [-0.3, -0.25) is 0 Å². The van der Waals surface area contributed by atoms with E-state index in [1.54, 1.807) is 0 Å². The van der Waals surface area contributed by atoms with Crippen LogP contribution in [0.1, 0.15) is 19.8 Å². The third kappa shape index (κ3) is 59.3. The van der Waals surface area contributed by atoms with Crippen LogP contribution in [-0.2, 0) is 0 Å². The molecule has 0 aliphatic rings. The minimum Gasteiger partial charge on any atom is -0.368 e. The van der Waals surface area contributed by atoms with Gasteiger partial charge in [0.25, 0.3) is 5.09 Å². The molecule has 0 aromatic heterocycles. The van der Waals surface area contributed by atoms with Gasteiger partial charge < -0.3 is 15.4 Å². The van der Waals surface area contributed by atoms with Crippen molar-refractivity contribution < 1.29 is 20.5 Å². The molecule has 6 nitrogen and oxygen atoms in total. The Morgan fingerprint density at radius 2 is 1.90 bits per heavy atom. The van der Waals surface area contributed by atoms with Gasteiger partial charge in [-0.2, -0.15) is 0 Å². The molecule has 0 fully saturated rings. The highest BCUT2D eigenvalue weighted by molar-refractivity contribution is 4.31. The average molecular weight is 153 g/mol. The quantitative estimate of drug-likeness (QED) is 0.288. The predicted molar refractivity (Wildman–Crippen MR) is 31.9 cm³/mol. The minimum absolute atomic E-state index is 0.486. The Labute approximate surface area is 57.8 Å². The van der Waals surface area contributed by atoms with Crippen molar-refractivity contribution in [3.8, 4) is 0 Å². The van der Waals surface area contributed by atoms with Crippen molar-refractivity contribution in [2.75, 3.05) is 0 Å². The molecule has 62 valence electrons. The fourth-order valence-corrected chi connectivity index (χ4v) is 0.258. The van der Waals surface area contributed by atoms with Gasteiger partial charge in [-0.25, -0.2) is 0 Å². The summed E-state index contributed by atoms with van der Waals surface area (Å²) in [5.41, 5.74) is 0. The molecule has 0 rings (SSSR count). The molecular weight excluding hydrogens is 142 g/mol. The van der Waals surface area contributed by atoms with Gasteiger partial charge in [0, 0.05) is 0 Å². The summed E-state index contributed by atoms with van der Waals surface area (Å²) < 4.78 is 0. The first-order chi connectivity index (χ1) is 4.50. The highest BCUT2D eigenvalue weighted by Gasteiger charge is 1.89. The Balaban J connectivity index is 0. The highest BCUT2D eigenvalue weighted by atomic mass is 16.9. The number of hydrogen-bond acceptors (Lipinski definition) is 4. The standard InChI is InChI=1S/C4H10O2.HNO3/c1-2-3-4(5)6;2-1(3)4/h4-6H,2-3H2,1H3;(H,2,3,4). The summed E-state index contributed by atoms with van der Waals surface area (Å²) in [7, 11) is 0. The summed E-state index contributed by atoms with van der Waals surface area (Å²) in [6, 6.07) is 0. The molecule has 0 radical (unpaired) electrons. The van der Waals surface area contributed by atoms with E-state index in [1.807, 2.05) is 6.92 Å². The maximum Gasteiger partial charge on any atom is 0.291 e. The zero-order chi connectivity index (χ0) is 8.57. The zero-order valence-corrected chi connectivity index (χ0v) is 5.60. The molecule has 0 saturated carbocycles. The molecular formula is C4H11NO5. The molecule has 0 aromatic carbocycles. The maximum atomic E-state index is 8.36. The van der Waals surface area contributed by atoms with E-state index in [1.165, 1.54) is 0 Å². The SMILES string of the molecule is CCCC(O)O.O=[N+]([O-])O. The van der Waals surface area contributed by atoms with Gasteiger partial charge in [-0.05, 0) is 6.42 Å². The molecule has 10 heavy (non-hydrogen) atoms. The smallest absolute Gasteiger partial charge is 0.291 e. The molecule has 0 unspecified atom stereocenters. The van der Waals surface area contributed by atoms with E-state index in [9.17, 15) is 0 Å². The highest BCUT2D eigenvalue weighted by Crippen LogP contribution is 1.88. The summed E-state index contributed by atoms with van der Waals surface area (Å²) in [5.74, 6) is 0. The summed E-state index contributed by atoms with van der Waals surface area (Å²) in [6.07, 6.45) is 0.215. The number of hydrogen-bond donors (Lipinski definition) is 3. The number of aliphatic hydroxyl groups excluding tert-OH is 1. The molecule has 0 aliphatic heterocycles. The lowest BCUT2D eigenvalue weighted by Crippen LogP contribution is -2.01. The van der Waals surface area contributed by atoms with Crippen LogP contribution in [0, 0.1) is 10.1 Å². The van der Waals surface area contributed by atoms with Crippen LogP contribution < -0.4 is 0 Å². The number of aliphatic hydroxyl groups is 2. The topological polar surface area (TPSA) is 104 Å². The van der Waals surface area contributed by atoms with Gasteiger partial charge in [-0.1, -0.05) is 13.3 Å². The van der Waals surface area contributed by atoms with E-state index < -0.39 is 11.4 Å². The number of rotatable bonds is 2. The second kappa shape index (κ2) is 8.12. The van der Waals surface area contributed by atoms with Gasteiger partial charge in [0.2, 0.25) is 0 Å². The molecule has 0 aliphatic carbocycles. The van der Waals surface area contributed by atoms with Crippen LogP contribution in [0.25, 0.3) is 0 Å². The summed E-state index contributed by atoms with van der Waals surface area (Å²) >= 11 is 0. The molecule has 0 aromatic rings. The third-order valence-electron chi connectivity index (χ3n) is 0.547. The maximum absolute atomic E-state index is 8.36. The van der Waals surface area contributed by atoms with Crippen molar-refractivity contribution in [3.05, 3.63) is 10.1 Å². The Kier molecular flexibility index (Phi) is 9.63. The lowest BCUT2D eigenvalue weighted by Gasteiger charge is -1.94. The van der Waals surface area contributed by atoms with Crippen molar-refractivity contribution >= 4 is 0 Å². The largest absolute Gasteiger partial charge is 0.368 e. The summed E-state index contributed by atoms with van der Waals surface area (Å²) in [5, 5.41) is 29.9. The monoisotopic (exact) mass is 153 g/mol. The molecule has 0 atom stereocenters. The fourth-order valence-electron chi connectivity index (χ4n) is 0.258. The Morgan fingerprint density at radius 3 is 1.90 bits per heavy atom. The fraction of sp³-hybridized carbons (Fsp3) is 1.00. The van der Waals surface area contributed by atoms with Gasteiger partial charge in [-0.15, -0.1) is 10.1 Å². The van der Waals surface area contributed by atoms with E-state index in [0.717, 1.165) is 6.42 Å². The Bertz CT molecular complexity index is 79.7. The van der Waals surface area contributed by atoms with Crippen molar-refractivity contribution in [2.45, 2.75) is 26.1 Å². The molecule has 0 spiro atoms. The average Bonchev–Trinajstić information content (AvgIpc) is 1.62. The van der Waals surface area contributed by atoms with Crippen molar-refractivity contribution in [2.24, 2.45) is 0 Å². The first-order valence-electron chi connectivity index (χ1n) is 2.70. The van der Waals surface area contributed by atoms with Gasteiger partial charge >= 0.3 is 0 Å². The minimum atomic E-state index is -1.50. The van der Waals surface area contributed by atoms with Crippen LogP contribution in [0.15, 0.2) is 0 Å². The number of nitrogens with zero attached hydrogens (tertiary/aromatic N) is 1. The lowest BCUT2D eigenvalue weighted by atomic mass is 10.3. The molecule has 0 heterocycles. The molecule has 0 amide bonds. The van der Waals surface area contributed by atoms with E-state index in [2.05, 4.69) is 0 Å². The Morgan fingerprint density at radius 1 is 1.60 bits per heavy atom. The molecule has 0 bridgehead atoms. The van der Waals surface area contributed by atoms with Gasteiger partial charge in [0.15, 0.2) is 6.29 Å². The van der Waals surface area contributed by atoms with Gasteiger partial charge in [0.1, 0.15) is 0 Å². The van der Waals surface area contributed by atoms with Crippen molar-refractivity contribution in [1.29, 1.82) is 0 Å². The van der Waals surface area contributed by atoms with Crippen molar-refractivity contribution in [3.63, 3.8) is 0 Å². The summed E-state index contributed by atoms with van der Waals surface area (Å²) in [6.45, 7) is 1.90. The van der Waals surface area contributed by atoms with Crippen molar-refractivity contribution in [1.82, 2.24) is 0 Å². The first-order valence-corrected chi connectivity index (χ1v) is 2.70. The van der Waals surface area contributed by atoms with Gasteiger partial charge in [0.05, 0.1) is 0 Å². The predicted octanol–water partition coefficient (Wildman–Crippen LogP) is -0.251. The summed E-state index contributed by atoms with van der Waals surface area (Å²) in [4.78, 5) is 8.36. The Hall–Kier alpha value is -0.880. The van der Waals surface area contributed by atoms with Crippen LogP contribution in [0.4, 0.5) is 0 Å². The van der Waals surface area contributed by atoms with Crippen LogP contribution in [-0.4, -0.2) is 26.8 Å². The van der Waals surface area contributed by atoms with Crippen LogP contribution >= 0.6 is 0 Å². The van der Waals surface area contributed by atoms with E-state index in [4.69, 9.17) is 25.5 Å². The first kappa shape index (κ1) is 11.9. The van der Waals surface area contributed by atoms with E-state index in [0.29, 0.717) is 6.42 Å². The van der Waals surface area contributed by atoms with E-state index in [-0.39, 0.29) is 0 Å². The molecule has 0 saturated heterocycles. The van der Waals surface area contributed by atoms with Crippen LogP contribution in [0.3, 0.4) is 0 Å². The second-order valence-electron chi connectivity index (χ2n) is 1.51. The van der Waals surface area contributed by atoms with E-state index >= 15 is 0 Å². The lowest BCUT2D eigenvalue weighted by molar-refractivity contribution is -0.742. The van der Waals surface area contributed by atoms with Crippen LogP contribution in [0.2, 0.25) is 0 Å². The normalized spacial score (nSPS) is 8.40. The third-order valence-corrected chi connectivity index (χ3v) is 0.547. The molecule has 3 N–H and O–H groups in total.